The zero-order valence-electron chi connectivity index (χ0n) is 11.9. The number of aliphatic hydroxyl groups excluding tert-OH is 1. The van der Waals surface area contributed by atoms with Crippen molar-refractivity contribution >= 4 is 5.91 Å². The molecule has 1 amide bonds. The molecule has 0 aliphatic carbocycles. The molecule has 4 nitrogen and oxygen atoms in total. The minimum atomic E-state index is -0.357. The maximum Gasteiger partial charge on any atom is 0.225 e. The molecule has 1 saturated heterocycles. The summed E-state index contributed by atoms with van der Waals surface area (Å²) in [4.78, 5) is 12.1. The Morgan fingerprint density at radius 3 is 2.61 bits per heavy atom. The number of aliphatic hydroxyl groups is 1. The molecular formula is C14H27NO3. The second kappa shape index (κ2) is 7.10. The van der Waals surface area contributed by atoms with E-state index in [4.69, 9.17) is 9.84 Å². The Bertz CT molecular complexity index is 258. The molecule has 1 atom stereocenters. The number of hydrogen-bond acceptors (Lipinski definition) is 3. The molecule has 0 aromatic rings. The van der Waals surface area contributed by atoms with Crippen molar-refractivity contribution in [3.8, 4) is 0 Å². The van der Waals surface area contributed by atoms with Crippen LogP contribution in [0.1, 0.15) is 46.5 Å². The van der Waals surface area contributed by atoms with Crippen LogP contribution in [0.4, 0.5) is 0 Å². The van der Waals surface area contributed by atoms with Gasteiger partial charge in [0.15, 0.2) is 0 Å². The zero-order valence-corrected chi connectivity index (χ0v) is 11.9. The van der Waals surface area contributed by atoms with Gasteiger partial charge in [0.05, 0.1) is 6.10 Å². The fourth-order valence-electron chi connectivity index (χ4n) is 2.40. The third-order valence-electron chi connectivity index (χ3n) is 3.60. The Hall–Kier alpha value is -0.610. The fraction of sp³-hybridized carbons (Fsp3) is 0.929. The first kappa shape index (κ1) is 15.4. The minimum Gasteiger partial charge on any atom is -0.393 e. The van der Waals surface area contributed by atoms with Crippen molar-refractivity contribution in [1.29, 1.82) is 0 Å². The van der Waals surface area contributed by atoms with Crippen molar-refractivity contribution in [2.24, 2.45) is 11.3 Å². The predicted octanol–water partition coefficient (Wildman–Crippen LogP) is 1.72. The Kier molecular flexibility index (Phi) is 6.09. The number of ether oxygens (including phenoxy) is 1. The largest absolute Gasteiger partial charge is 0.393 e. The van der Waals surface area contributed by atoms with E-state index in [0.717, 1.165) is 32.5 Å². The molecule has 1 unspecified atom stereocenters. The molecule has 0 spiro atoms. The van der Waals surface area contributed by atoms with Crippen LogP contribution >= 0.6 is 0 Å². The molecule has 1 aliphatic heterocycles. The molecule has 0 bridgehead atoms. The van der Waals surface area contributed by atoms with Gasteiger partial charge in [0, 0.05) is 25.2 Å². The SMILES string of the molecule is CC(O)CCNC(=O)C(C)(C)CC1CCOCC1. The summed E-state index contributed by atoms with van der Waals surface area (Å²) in [5.41, 5.74) is -0.333. The molecule has 0 saturated carbocycles. The first-order chi connectivity index (χ1) is 8.42. The van der Waals surface area contributed by atoms with Crippen LogP contribution in [0.2, 0.25) is 0 Å². The molecular weight excluding hydrogens is 230 g/mol. The average molecular weight is 257 g/mol. The van der Waals surface area contributed by atoms with Crippen molar-refractivity contribution < 1.29 is 14.6 Å². The predicted molar refractivity (Wildman–Crippen MR) is 71.2 cm³/mol. The lowest BCUT2D eigenvalue weighted by Gasteiger charge is -2.31. The molecule has 1 aliphatic rings. The molecule has 1 fully saturated rings. The van der Waals surface area contributed by atoms with Crippen molar-refractivity contribution in [3.63, 3.8) is 0 Å². The van der Waals surface area contributed by atoms with Crippen molar-refractivity contribution in [1.82, 2.24) is 5.32 Å². The van der Waals surface area contributed by atoms with E-state index in [1.165, 1.54) is 0 Å². The number of nitrogens with one attached hydrogen (secondary N) is 1. The van der Waals surface area contributed by atoms with E-state index in [2.05, 4.69) is 5.32 Å². The molecule has 1 rings (SSSR count). The highest BCUT2D eigenvalue weighted by atomic mass is 16.5. The topological polar surface area (TPSA) is 58.6 Å². The summed E-state index contributed by atoms with van der Waals surface area (Å²) in [6.45, 7) is 7.93. The van der Waals surface area contributed by atoms with Gasteiger partial charge in [-0.25, -0.2) is 0 Å². The van der Waals surface area contributed by atoms with Gasteiger partial charge in [-0.05, 0) is 38.5 Å². The van der Waals surface area contributed by atoms with Crippen LogP contribution in [-0.4, -0.2) is 36.9 Å². The summed E-state index contributed by atoms with van der Waals surface area (Å²) < 4.78 is 5.34. The summed E-state index contributed by atoms with van der Waals surface area (Å²) in [6.07, 6.45) is 3.29. The van der Waals surface area contributed by atoms with Crippen LogP contribution in [0.25, 0.3) is 0 Å². The lowest BCUT2D eigenvalue weighted by atomic mass is 9.79. The summed E-state index contributed by atoms with van der Waals surface area (Å²) in [5, 5.41) is 12.1. The lowest BCUT2D eigenvalue weighted by Crippen LogP contribution is -2.39. The van der Waals surface area contributed by atoms with Gasteiger partial charge in [-0.15, -0.1) is 0 Å². The first-order valence-electron chi connectivity index (χ1n) is 6.96. The standard InChI is InChI=1S/C14H27NO3/c1-11(16)4-7-15-13(17)14(2,3)10-12-5-8-18-9-6-12/h11-12,16H,4-10H2,1-3H3,(H,15,17). The second-order valence-corrected chi connectivity index (χ2v) is 6.04. The van der Waals surface area contributed by atoms with E-state index in [1.54, 1.807) is 6.92 Å². The van der Waals surface area contributed by atoms with E-state index in [9.17, 15) is 4.79 Å². The first-order valence-corrected chi connectivity index (χ1v) is 6.96. The highest BCUT2D eigenvalue weighted by Gasteiger charge is 2.31. The van der Waals surface area contributed by atoms with Crippen LogP contribution in [-0.2, 0) is 9.53 Å². The van der Waals surface area contributed by atoms with E-state index >= 15 is 0 Å². The Morgan fingerprint density at radius 2 is 2.06 bits per heavy atom. The summed E-state index contributed by atoms with van der Waals surface area (Å²) in [6, 6.07) is 0. The quantitative estimate of drug-likeness (QED) is 0.761. The number of amides is 1. The monoisotopic (exact) mass is 257 g/mol. The smallest absolute Gasteiger partial charge is 0.225 e. The number of carbonyl (C=O) groups is 1. The fourth-order valence-corrected chi connectivity index (χ4v) is 2.40. The number of rotatable bonds is 6. The van der Waals surface area contributed by atoms with Gasteiger partial charge in [-0.1, -0.05) is 13.8 Å². The zero-order chi connectivity index (χ0) is 13.6. The van der Waals surface area contributed by atoms with Crippen LogP contribution in [0.3, 0.4) is 0 Å². The maximum atomic E-state index is 12.1. The minimum absolute atomic E-state index is 0.0923. The van der Waals surface area contributed by atoms with Crippen molar-refractivity contribution in [3.05, 3.63) is 0 Å². The van der Waals surface area contributed by atoms with Gasteiger partial charge in [0.25, 0.3) is 0 Å². The normalized spacial score (nSPS) is 19.6. The molecule has 0 aromatic carbocycles. The molecule has 1 heterocycles. The lowest BCUT2D eigenvalue weighted by molar-refractivity contribution is -0.130. The van der Waals surface area contributed by atoms with Gasteiger partial charge in [-0.3, -0.25) is 4.79 Å². The van der Waals surface area contributed by atoms with Crippen molar-refractivity contribution in [2.45, 2.75) is 52.6 Å². The second-order valence-electron chi connectivity index (χ2n) is 6.04. The Balaban J connectivity index is 2.33. The van der Waals surface area contributed by atoms with Gasteiger partial charge in [0.1, 0.15) is 0 Å². The third-order valence-corrected chi connectivity index (χ3v) is 3.60. The van der Waals surface area contributed by atoms with E-state index in [-0.39, 0.29) is 17.4 Å². The van der Waals surface area contributed by atoms with Gasteiger partial charge >= 0.3 is 0 Å². The van der Waals surface area contributed by atoms with Crippen molar-refractivity contribution in [2.75, 3.05) is 19.8 Å². The molecule has 106 valence electrons. The number of carbonyl (C=O) groups excluding carboxylic acids is 1. The van der Waals surface area contributed by atoms with E-state index < -0.39 is 0 Å². The van der Waals surface area contributed by atoms with Gasteiger partial charge < -0.3 is 15.2 Å². The van der Waals surface area contributed by atoms with Gasteiger partial charge in [0.2, 0.25) is 5.91 Å². The summed E-state index contributed by atoms with van der Waals surface area (Å²) in [7, 11) is 0. The number of hydrogen-bond donors (Lipinski definition) is 2. The summed E-state index contributed by atoms with van der Waals surface area (Å²) >= 11 is 0. The molecule has 18 heavy (non-hydrogen) atoms. The van der Waals surface area contributed by atoms with Crippen LogP contribution in [0, 0.1) is 11.3 Å². The Labute approximate surface area is 110 Å². The van der Waals surface area contributed by atoms with E-state index in [0.29, 0.717) is 18.9 Å². The molecule has 0 aromatic heterocycles. The van der Waals surface area contributed by atoms with Gasteiger partial charge in [-0.2, -0.15) is 0 Å². The maximum absolute atomic E-state index is 12.1. The molecule has 0 radical (unpaired) electrons. The highest BCUT2D eigenvalue weighted by molar-refractivity contribution is 5.81. The Morgan fingerprint density at radius 1 is 1.44 bits per heavy atom. The summed E-state index contributed by atoms with van der Waals surface area (Å²) in [5.74, 6) is 0.686. The van der Waals surface area contributed by atoms with Crippen LogP contribution < -0.4 is 5.32 Å². The van der Waals surface area contributed by atoms with Crippen LogP contribution in [0.5, 0.6) is 0 Å². The molecule has 2 N–H and O–H groups in total. The molecule has 4 heteroatoms. The highest BCUT2D eigenvalue weighted by Crippen LogP contribution is 2.31. The van der Waals surface area contributed by atoms with E-state index in [1.807, 2.05) is 13.8 Å². The average Bonchev–Trinajstić information content (AvgIpc) is 2.29. The third kappa shape index (κ3) is 5.36. The van der Waals surface area contributed by atoms with Crippen LogP contribution in [0.15, 0.2) is 0 Å².